The maximum Gasteiger partial charge on any atom is 0.305 e. The first-order valence-corrected chi connectivity index (χ1v) is 46.4. The molecule has 3 aromatic heterocycles. The average molecular weight is 1900 g/mol. The maximum atomic E-state index is 15.7. The summed E-state index contributed by atoms with van der Waals surface area (Å²) < 4.78 is 0. The van der Waals surface area contributed by atoms with E-state index in [0.29, 0.717) is 70.6 Å². The fourth-order valence-corrected chi connectivity index (χ4v) is 17.7. The molecule has 3 aromatic carbocycles. The summed E-state index contributed by atoms with van der Waals surface area (Å²) in [6.07, 6.45) is 2.11. The molecule has 0 saturated carbocycles. The lowest BCUT2D eigenvalue weighted by molar-refractivity contribution is -0.149. The zero-order valence-electron chi connectivity index (χ0n) is 76.5. The fourth-order valence-electron chi connectivity index (χ4n) is 16.9. The quantitative estimate of drug-likeness (QED) is 0.0244. The summed E-state index contributed by atoms with van der Waals surface area (Å²) >= 11 is 0.767. The number of Topliss-reactive ketones (excluding diaryl/α,β-unsaturated/α-hetero) is 1. The van der Waals surface area contributed by atoms with E-state index in [1.54, 1.807) is 60.9 Å². The third-order valence-electron chi connectivity index (χ3n) is 24.5. The highest BCUT2D eigenvalue weighted by molar-refractivity contribution is 8.00. The van der Waals surface area contributed by atoms with E-state index in [-0.39, 0.29) is 82.3 Å². The number of nitrogens with one attached hydrogen (secondary N) is 12. The molecule has 135 heavy (non-hydrogen) atoms. The van der Waals surface area contributed by atoms with E-state index in [2.05, 4.69) is 67.8 Å². The minimum absolute atomic E-state index is 0.00201. The number of para-hydroxylation sites is 2. The Morgan fingerprint density at radius 3 is 1.76 bits per heavy atom. The number of aromatic hydroxyl groups is 1. The zero-order valence-corrected chi connectivity index (χ0v) is 77.3. The number of aliphatic hydroxyl groups is 2. The monoisotopic (exact) mass is 1900 g/mol. The van der Waals surface area contributed by atoms with Crippen LogP contribution in [0.4, 0.5) is 0 Å². The van der Waals surface area contributed by atoms with Crippen molar-refractivity contribution < 1.29 is 107 Å². The van der Waals surface area contributed by atoms with Crippen LogP contribution in [0.3, 0.4) is 0 Å². The van der Waals surface area contributed by atoms with Crippen LogP contribution in [0.1, 0.15) is 146 Å². The molecule has 0 bridgehead atoms. The van der Waals surface area contributed by atoms with E-state index < -0.39 is 267 Å². The molecule has 6 aromatic rings. The van der Waals surface area contributed by atoms with Gasteiger partial charge in [-0.15, -0.1) is 11.8 Å². The van der Waals surface area contributed by atoms with Crippen LogP contribution in [-0.2, 0) is 112 Å². The fraction of sp³-hybridized carbons (Fsp3) is 0.527. The minimum atomic E-state index is -1.93. The molecular weight excluding hydrogens is 1770 g/mol. The molecule has 0 unspecified atom stereocenters. The highest BCUT2D eigenvalue weighted by atomic mass is 32.2. The predicted molar refractivity (Wildman–Crippen MR) is 492 cm³/mol. The van der Waals surface area contributed by atoms with Crippen molar-refractivity contribution in [3.63, 3.8) is 0 Å². The van der Waals surface area contributed by atoms with E-state index in [4.69, 9.17) is 17.2 Å². The molecule has 0 radical (unpaired) electrons. The number of hydrogen-bond acceptors (Lipinski definition) is 24. The number of carbonyl (C=O) groups excluding carboxylic acids is 17. The van der Waals surface area contributed by atoms with E-state index >= 15 is 38.4 Å². The Morgan fingerprint density at radius 1 is 0.556 bits per heavy atom. The van der Waals surface area contributed by atoms with Crippen molar-refractivity contribution in [2.24, 2.45) is 23.1 Å². The Bertz CT molecular complexity index is 5210. The number of ketones is 1. The highest BCUT2D eigenvalue weighted by Gasteiger charge is 2.47. The van der Waals surface area contributed by atoms with Crippen LogP contribution in [-0.4, -0.2) is 321 Å². The molecule has 22 N–H and O–H groups in total. The number of likely N-dealkylation sites (N-methyl/N-ethyl adjacent to an activating group) is 3. The second-order valence-electron chi connectivity index (χ2n) is 34.4. The van der Waals surface area contributed by atoms with Crippen molar-refractivity contribution in [2.75, 3.05) is 65.4 Å². The van der Waals surface area contributed by atoms with E-state index in [1.807, 2.05) is 13.8 Å². The first-order chi connectivity index (χ1) is 64.4. The van der Waals surface area contributed by atoms with Crippen LogP contribution in [0, 0.1) is 5.92 Å². The number of thioether (sulfide) groups is 1. The number of phenolic OH excluding ortho intramolecular Hbond substituents is 1. The molecule has 9 rings (SSSR count). The Hall–Kier alpha value is -13.4. The van der Waals surface area contributed by atoms with Gasteiger partial charge < -0.3 is 125 Å². The number of imidazole rings is 1. The standard InChI is InChI=1S/C91H125N21O22S/c1-7-9-23-70-85(128)101-62(22-15-16-32-92)82(125)107-69(81(124)98-44-76(94)118)47-135-48-77(119)100-65(34-51-26-28-56(114)29-27-51)87(130)108(4)50(3)79(122)104-67(40-78(120)121)90(133)111-33-17-25-71(111)86(129)103-64(38-55-43-95-49-99-55)83(126)102-63(30-31-75(93)117)89(132)112-45-57(115)39-73(112)74(116)37-52(35-53-41-96-60-20-13-11-18-58(53)60)80(123)106-68(46-113)84(127)105-66(36-54-42-97-61-21-14-12-19-59(54)61)88(131)110(6)72(24-10-8-2)91(134)109(70)5/h11-14,18-21,26-29,41-43,49-50,52,57,62-73,96-97,113-115H,7-10,15-17,22-25,30-40,44-48,92H2,1-6H3,(H2,93,117)(H2,94,118)(H,95,99)(H,98,124)(H,100,119)(H,101,128)(H,102,126)(H,103,129)(H,104,122)(H,105,127)(H,106,123)(H,107,125)(H,120,121)/t50-,52+,57+,62-,63-,64-,65-,66-,67-,68-,69-,70-,71-,72-,73-/m0/s1. The number of carbonyl (C=O) groups is 18. The number of aliphatic carboxylic acids is 1. The molecule has 43 nitrogen and oxygen atoms in total. The molecule has 3 saturated heterocycles. The van der Waals surface area contributed by atoms with Gasteiger partial charge in [-0.3, -0.25) is 86.3 Å². The predicted octanol–water partition coefficient (Wildman–Crippen LogP) is -2.15. The van der Waals surface area contributed by atoms with Crippen molar-refractivity contribution in [1.82, 2.24) is 92.3 Å². The number of phenols is 1. The first-order valence-electron chi connectivity index (χ1n) is 45.3. The lowest BCUT2D eigenvalue weighted by Gasteiger charge is -2.36. The van der Waals surface area contributed by atoms with Gasteiger partial charge in [-0.1, -0.05) is 88.1 Å². The van der Waals surface area contributed by atoms with Gasteiger partial charge in [0.15, 0.2) is 5.78 Å². The average Bonchev–Trinajstić information content (AvgIpc) is 1.80. The number of rotatable bonds is 27. The van der Waals surface area contributed by atoms with Crippen LogP contribution in [0.2, 0.25) is 0 Å². The van der Waals surface area contributed by atoms with E-state index in [9.17, 15) is 68.4 Å². The van der Waals surface area contributed by atoms with Gasteiger partial charge in [-0.25, -0.2) is 4.98 Å². The molecule has 16 amide bonds. The second kappa shape index (κ2) is 50.7. The number of carboxylic acid groups (broad SMARTS) is 1. The van der Waals surface area contributed by atoms with Gasteiger partial charge in [0, 0.05) is 125 Å². The van der Waals surface area contributed by atoms with Crippen LogP contribution < -0.4 is 65.1 Å². The van der Waals surface area contributed by atoms with Gasteiger partial charge >= 0.3 is 5.97 Å². The number of primary amides is 2. The lowest BCUT2D eigenvalue weighted by Crippen LogP contribution is -2.60. The number of hydrogen-bond donors (Lipinski definition) is 19. The topological polar surface area (TPSA) is 651 Å². The van der Waals surface area contributed by atoms with Crippen LogP contribution in [0.25, 0.3) is 21.8 Å². The van der Waals surface area contributed by atoms with E-state index in [1.165, 1.54) is 64.9 Å². The molecule has 3 aliphatic rings. The Morgan fingerprint density at radius 2 is 1.13 bits per heavy atom. The summed E-state index contributed by atoms with van der Waals surface area (Å²) in [5.41, 5.74) is 19.9. The maximum absolute atomic E-state index is 15.7. The molecule has 44 heteroatoms. The third kappa shape index (κ3) is 29.3. The summed E-state index contributed by atoms with van der Waals surface area (Å²) in [7, 11) is 3.89. The number of unbranched alkanes of at least 4 members (excludes halogenated alkanes) is 3. The number of H-pyrrole nitrogens is 3. The van der Waals surface area contributed by atoms with Crippen LogP contribution in [0.15, 0.2) is 97.7 Å². The second-order valence-corrected chi connectivity index (χ2v) is 35.4. The number of fused-ring (bicyclic) bond motifs is 4. The SMILES string of the molecule is CCCC[C@H]1C(=O)N(C)[C@@H](CCCC)C(=O)N[C@@H](CCCCN)C(=O)N[C@H](C(=O)NCC(N)=O)CSCC(=O)N[C@@H](Cc2ccc(O)cc2)C(=O)N(C)[C@@H](C)C(=O)N[C@@H](CC(=O)O)C(=O)N2CCC[C@H]2C(=O)N[C@@H](Cc2c[nH]cn2)C(=O)N[C@@H](CCC(N)=O)C(=O)N2C[C@H](O)C[C@H]2C(=O)C[C@@H](Cc2c[nH]c3ccccc23)C(=O)N[C@@H](CO)C(=O)N[C@@H](Cc2c[nH]c3ccccc23)C(=O)N1C. The number of nitrogens with two attached hydrogens (primary N) is 3. The first kappa shape index (κ1) is 105. The molecule has 0 aliphatic carbocycles. The Balaban J connectivity index is 1.10. The minimum Gasteiger partial charge on any atom is -0.508 e. The Labute approximate surface area is 783 Å². The number of nitrogens with zero attached hydrogens (tertiary/aromatic N) is 6. The molecule has 3 aliphatic heterocycles. The summed E-state index contributed by atoms with van der Waals surface area (Å²) in [4.78, 5) is 281. The molecule has 732 valence electrons. The molecule has 6 heterocycles. The molecule has 0 spiro atoms. The lowest BCUT2D eigenvalue weighted by atomic mass is 9.90. The molecule has 3 fully saturated rings. The summed E-state index contributed by atoms with van der Waals surface area (Å²) in [5, 5.41) is 67.9. The summed E-state index contributed by atoms with van der Waals surface area (Å²) in [6.45, 7) is 2.52. The van der Waals surface area contributed by atoms with Crippen LogP contribution in [0.5, 0.6) is 5.75 Å². The van der Waals surface area contributed by atoms with Crippen molar-refractivity contribution in [3.8, 4) is 5.75 Å². The molecule has 15 atom stereocenters. The number of benzene rings is 3. The number of aromatic nitrogens is 4. The van der Waals surface area contributed by atoms with E-state index in [0.717, 1.165) is 36.3 Å². The smallest absolute Gasteiger partial charge is 0.305 e. The van der Waals surface area contributed by atoms with Crippen LogP contribution >= 0.6 is 11.8 Å². The van der Waals surface area contributed by atoms with Gasteiger partial charge in [-0.05, 0) is 112 Å². The number of amides is 16. The van der Waals surface area contributed by atoms with Crippen molar-refractivity contribution >= 4 is 140 Å². The van der Waals surface area contributed by atoms with Crippen molar-refractivity contribution in [3.05, 3.63) is 120 Å². The number of aromatic amines is 3. The summed E-state index contributed by atoms with van der Waals surface area (Å²) in [6, 6.07) is -1.22. The Kier molecular flexibility index (Phi) is 39.5. The van der Waals surface area contributed by atoms with Crippen molar-refractivity contribution in [1.29, 1.82) is 0 Å². The third-order valence-corrected chi connectivity index (χ3v) is 25.5. The van der Waals surface area contributed by atoms with Gasteiger partial charge in [0.2, 0.25) is 94.5 Å². The van der Waals surface area contributed by atoms with Gasteiger partial charge in [-0.2, -0.15) is 0 Å². The number of carboxylic acids is 1. The molecular formula is C91H125N21O22S. The van der Waals surface area contributed by atoms with Gasteiger partial charge in [0.1, 0.15) is 78.3 Å². The summed E-state index contributed by atoms with van der Waals surface area (Å²) in [5.74, 6) is -20.4. The normalized spacial score (nSPS) is 24.8. The van der Waals surface area contributed by atoms with Gasteiger partial charge in [0.05, 0.1) is 49.5 Å². The highest BCUT2D eigenvalue weighted by Crippen LogP contribution is 2.30. The van der Waals surface area contributed by atoms with Gasteiger partial charge in [0.25, 0.3) is 0 Å². The largest absolute Gasteiger partial charge is 0.508 e. The zero-order chi connectivity index (χ0) is 98.4. The number of aliphatic hydroxyl groups excluding tert-OH is 2. The van der Waals surface area contributed by atoms with Crippen molar-refractivity contribution in [2.45, 2.75) is 234 Å².